The van der Waals surface area contributed by atoms with Gasteiger partial charge in [-0.3, -0.25) is 10.1 Å². The average molecular weight is 259 g/mol. The molecule has 0 fully saturated rings. The monoisotopic (exact) mass is 259 g/mol. The summed E-state index contributed by atoms with van der Waals surface area (Å²) in [6.07, 6.45) is 1.49. The third-order valence-electron chi connectivity index (χ3n) is 2.34. The molecule has 0 bridgehead atoms. The Morgan fingerprint density at radius 3 is 2.79 bits per heavy atom. The molecule has 3 rings (SSSR count). The van der Waals surface area contributed by atoms with Crippen molar-refractivity contribution in [2.45, 2.75) is 6.92 Å². The number of furan rings is 2. The highest BCUT2D eigenvalue weighted by molar-refractivity contribution is 6.00. The Kier molecular flexibility index (Phi) is 2.64. The maximum atomic E-state index is 11.8. The first kappa shape index (κ1) is 11.3. The van der Waals surface area contributed by atoms with E-state index in [0.717, 1.165) is 0 Å². The van der Waals surface area contributed by atoms with Crippen LogP contribution in [0.3, 0.4) is 0 Å². The first-order chi connectivity index (χ1) is 9.22. The topological polar surface area (TPSA) is 94.3 Å². The van der Waals surface area contributed by atoms with Gasteiger partial charge in [-0.05, 0) is 31.2 Å². The van der Waals surface area contributed by atoms with Crippen molar-refractivity contribution in [3.8, 4) is 11.7 Å². The van der Waals surface area contributed by atoms with E-state index in [9.17, 15) is 4.79 Å². The Hall–Kier alpha value is -2.83. The summed E-state index contributed by atoms with van der Waals surface area (Å²) >= 11 is 0. The first-order valence-corrected chi connectivity index (χ1v) is 5.47. The molecular weight excluding hydrogens is 250 g/mol. The van der Waals surface area contributed by atoms with E-state index in [4.69, 9.17) is 13.3 Å². The lowest BCUT2D eigenvalue weighted by Crippen LogP contribution is -2.11. The van der Waals surface area contributed by atoms with Crippen LogP contribution in [0.15, 0.2) is 43.8 Å². The molecule has 3 aromatic rings. The fourth-order valence-electron chi connectivity index (χ4n) is 1.49. The Bertz CT molecular complexity index is 696. The minimum absolute atomic E-state index is 0.0227. The summed E-state index contributed by atoms with van der Waals surface area (Å²) in [6.45, 7) is 1.75. The third-order valence-corrected chi connectivity index (χ3v) is 2.34. The van der Waals surface area contributed by atoms with Gasteiger partial charge in [0.2, 0.25) is 0 Å². The molecule has 96 valence electrons. The lowest BCUT2D eigenvalue weighted by Gasteiger charge is -1.95. The standard InChI is InChI=1S/C12H9N3O4/c1-7-4-5-8(18-7)10(16)13-12-15-14-11(19-12)9-3-2-6-17-9/h2-6H,1H3,(H,13,15,16). The van der Waals surface area contributed by atoms with Gasteiger partial charge in [-0.2, -0.15) is 0 Å². The zero-order chi connectivity index (χ0) is 13.2. The zero-order valence-electron chi connectivity index (χ0n) is 9.91. The number of carbonyl (C=O) groups excluding carboxylic acids is 1. The fourth-order valence-corrected chi connectivity index (χ4v) is 1.49. The maximum absolute atomic E-state index is 11.8. The molecule has 3 aromatic heterocycles. The third kappa shape index (κ3) is 2.25. The number of amides is 1. The van der Waals surface area contributed by atoms with Crippen LogP contribution in [-0.2, 0) is 0 Å². The summed E-state index contributed by atoms with van der Waals surface area (Å²) in [5.74, 6) is 0.989. The van der Waals surface area contributed by atoms with E-state index in [2.05, 4.69) is 15.5 Å². The number of rotatable bonds is 3. The van der Waals surface area contributed by atoms with Gasteiger partial charge in [0.25, 0.3) is 11.8 Å². The van der Waals surface area contributed by atoms with Crippen molar-refractivity contribution in [3.63, 3.8) is 0 Å². The largest absolute Gasteiger partial charge is 0.459 e. The quantitative estimate of drug-likeness (QED) is 0.776. The van der Waals surface area contributed by atoms with Crippen LogP contribution in [0, 0.1) is 6.92 Å². The first-order valence-electron chi connectivity index (χ1n) is 5.47. The summed E-state index contributed by atoms with van der Waals surface area (Å²) < 4.78 is 15.5. The van der Waals surface area contributed by atoms with Crippen molar-refractivity contribution >= 4 is 11.9 Å². The normalized spacial score (nSPS) is 10.6. The lowest BCUT2D eigenvalue weighted by atomic mass is 10.4. The van der Waals surface area contributed by atoms with Gasteiger partial charge in [0, 0.05) is 0 Å². The van der Waals surface area contributed by atoms with E-state index in [1.165, 1.54) is 6.26 Å². The van der Waals surface area contributed by atoms with Crippen molar-refractivity contribution < 1.29 is 18.0 Å². The van der Waals surface area contributed by atoms with Crippen LogP contribution >= 0.6 is 0 Å². The number of anilines is 1. The number of hydrogen-bond donors (Lipinski definition) is 1. The molecule has 7 heteroatoms. The highest BCUT2D eigenvalue weighted by Gasteiger charge is 2.15. The van der Waals surface area contributed by atoms with Crippen LogP contribution in [0.25, 0.3) is 11.7 Å². The van der Waals surface area contributed by atoms with Gasteiger partial charge < -0.3 is 13.3 Å². The van der Waals surface area contributed by atoms with E-state index in [-0.39, 0.29) is 17.7 Å². The predicted octanol–water partition coefficient (Wildman–Crippen LogP) is 2.48. The maximum Gasteiger partial charge on any atom is 0.323 e. The summed E-state index contributed by atoms with van der Waals surface area (Å²) in [5, 5.41) is 9.89. The van der Waals surface area contributed by atoms with E-state index in [0.29, 0.717) is 11.5 Å². The van der Waals surface area contributed by atoms with E-state index in [1.807, 2.05) is 0 Å². The molecule has 7 nitrogen and oxygen atoms in total. The van der Waals surface area contributed by atoms with Gasteiger partial charge in [-0.25, -0.2) is 0 Å². The van der Waals surface area contributed by atoms with Gasteiger partial charge in [0.1, 0.15) is 5.76 Å². The predicted molar refractivity (Wildman–Crippen MR) is 63.4 cm³/mol. The molecule has 0 saturated carbocycles. The highest BCUT2D eigenvalue weighted by Crippen LogP contribution is 2.20. The number of carbonyl (C=O) groups is 1. The van der Waals surface area contributed by atoms with Crippen LogP contribution in [0.4, 0.5) is 6.01 Å². The van der Waals surface area contributed by atoms with Crippen LogP contribution in [0.5, 0.6) is 0 Å². The molecule has 1 N–H and O–H groups in total. The molecule has 0 radical (unpaired) electrons. The summed E-state index contributed by atoms with van der Waals surface area (Å²) in [6, 6.07) is 6.61. The molecule has 0 unspecified atom stereocenters. The Morgan fingerprint density at radius 2 is 2.11 bits per heavy atom. The van der Waals surface area contributed by atoms with Crippen molar-refractivity contribution in [1.29, 1.82) is 0 Å². The van der Waals surface area contributed by atoms with Crippen molar-refractivity contribution in [3.05, 3.63) is 42.0 Å². The van der Waals surface area contributed by atoms with Crippen LogP contribution < -0.4 is 5.32 Å². The minimum Gasteiger partial charge on any atom is -0.459 e. The van der Waals surface area contributed by atoms with Gasteiger partial charge in [0.05, 0.1) is 6.26 Å². The van der Waals surface area contributed by atoms with Gasteiger partial charge >= 0.3 is 6.01 Å². The molecular formula is C12H9N3O4. The second kappa shape index (κ2) is 4.45. The molecule has 0 spiro atoms. The van der Waals surface area contributed by atoms with Crippen LogP contribution in [-0.4, -0.2) is 16.1 Å². The second-order valence-corrected chi connectivity index (χ2v) is 3.75. The second-order valence-electron chi connectivity index (χ2n) is 3.75. The van der Waals surface area contributed by atoms with Crippen LogP contribution in [0.1, 0.15) is 16.3 Å². The van der Waals surface area contributed by atoms with Crippen molar-refractivity contribution in [2.75, 3.05) is 5.32 Å². The molecule has 0 aliphatic rings. The number of aryl methyl sites for hydroxylation is 1. The van der Waals surface area contributed by atoms with Gasteiger partial charge in [-0.15, -0.1) is 5.10 Å². The van der Waals surface area contributed by atoms with Gasteiger partial charge in [0.15, 0.2) is 11.5 Å². The summed E-state index contributed by atoms with van der Waals surface area (Å²) in [7, 11) is 0. The molecule has 0 atom stereocenters. The highest BCUT2D eigenvalue weighted by atomic mass is 16.4. The number of nitrogens with zero attached hydrogens (tertiary/aromatic N) is 2. The van der Waals surface area contributed by atoms with E-state index in [1.54, 1.807) is 31.2 Å². The fraction of sp³-hybridized carbons (Fsp3) is 0.0833. The molecule has 19 heavy (non-hydrogen) atoms. The van der Waals surface area contributed by atoms with Crippen molar-refractivity contribution in [1.82, 2.24) is 10.2 Å². The molecule has 0 aliphatic heterocycles. The Balaban J connectivity index is 1.76. The lowest BCUT2D eigenvalue weighted by molar-refractivity contribution is 0.0992. The minimum atomic E-state index is -0.456. The molecule has 1 amide bonds. The molecule has 3 heterocycles. The summed E-state index contributed by atoms with van der Waals surface area (Å²) in [5.41, 5.74) is 0. The average Bonchev–Trinajstić information content (AvgIpc) is 3.07. The molecule has 0 aliphatic carbocycles. The number of aromatic nitrogens is 2. The molecule has 0 saturated heterocycles. The number of hydrogen-bond acceptors (Lipinski definition) is 6. The smallest absolute Gasteiger partial charge is 0.323 e. The molecule has 0 aromatic carbocycles. The zero-order valence-corrected chi connectivity index (χ0v) is 9.91. The Labute approximate surface area is 107 Å². The SMILES string of the molecule is Cc1ccc(C(=O)Nc2nnc(-c3ccco3)o2)o1. The van der Waals surface area contributed by atoms with Gasteiger partial charge in [-0.1, -0.05) is 5.10 Å². The van der Waals surface area contributed by atoms with Crippen molar-refractivity contribution in [2.24, 2.45) is 0 Å². The summed E-state index contributed by atoms with van der Waals surface area (Å²) in [4.78, 5) is 11.8. The van der Waals surface area contributed by atoms with E-state index < -0.39 is 5.91 Å². The number of nitrogens with one attached hydrogen (secondary N) is 1. The van der Waals surface area contributed by atoms with E-state index >= 15 is 0 Å². The van der Waals surface area contributed by atoms with Crippen LogP contribution in [0.2, 0.25) is 0 Å². The Morgan fingerprint density at radius 1 is 1.21 bits per heavy atom.